The van der Waals surface area contributed by atoms with Crippen molar-refractivity contribution in [1.29, 1.82) is 0 Å². The second-order valence-corrected chi connectivity index (χ2v) is 15.3. The molecule has 0 saturated heterocycles. The van der Waals surface area contributed by atoms with Gasteiger partial charge < -0.3 is 0 Å². The summed E-state index contributed by atoms with van der Waals surface area (Å²) >= 11 is 3.85. The molecule has 0 fully saturated rings. The molecular formula is C48H28S2. The molecule has 0 spiro atoms. The van der Waals surface area contributed by atoms with Gasteiger partial charge in [0.1, 0.15) is 0 Å². The zero-order valence-electron chi connectivity index (χ0n) is 27.0. The summed E-state index contributed by atoms with van der Waals surface area (Å²) in [7, 11) is 0. The van der Waals surface area contributed by atoms with Crippen molar-refractivity contribution >= 4 is 95.3 Å². The Morgan fingerprint density at radius 2 is 0.820 bits per heavy atom. The van der Waals surface area contributed by atoms with E-state index >= 15 is 0 Å². The lowest BCUT2D eigenvalue weighted by molar-refractivity contribution is 1.65. The summed E-state index contributed by atoms with van der Waals surface area (Å²) in [5.74, 6) is 0. The fourth-order valence-corrected chi connectivity index (χ4v) is 10.9. The highest BCUT2D eigenvalue weighted by Gasteiger charge is 2.21. The van der Waals surface area contributed by atoms with Crippen molar-refractivity contribution in [2.24, 2.45) is 0 Å². The number of hydrogen-bond acceptors (Lipinski definition) is 2. The molecule has 0 nitrogen and oxygen atoms in total. The first kappa shape index (κ1) is 28.1. The van der Waals surface area contributed by atoms with E-state index < -0.39 is 0 Å². The molecule has 2 heteroatoms. The highest BCUT2D eigenvalue weighted by Crippen LogP contribution is 2.50. The number of fused-ring (bicyclic) bond motifs is 10. The molecule has 0 aliphatic heterocycles. The zero-order valence-corrected chi connectivity index (χ0v) is 28.6. The van der Waals surface area contributed by atoms with Crippen LogP contribution in [0, 0.1) is 0 Å². The molecule has 11 rings (SSSR count). The van der Waals surface area contributed by atoms with Crippen LogP contribution in [0.5, 0.6) is 0 Å². The summed E-state index contributed by atoms with van der Waals surface area (Å²) in [6.45, 7) is 0. The van der Waals surface area contributed by atoms with Gasteiger partial charge in [0.15, 0.2) is 0 Å². The molecule has 232 valence electrons. The Labute approximate surface area is 297 Å². The Hall–Kier alpha value is -5.80. The molecule has 0 atom stereocenters. The van der Waals surface area contributed by atoms with Gasteiger partial charge in [0.05, 0.1) is 9.40 Å². The van der Waals surface area contributed by atoms with Crippen LogP contribution in [0.15, 0.2) is 170 Å². The molecule has 0 aliphatic rings. The van der Waals surface area contributed by atoms with Gasteiger partial charge >= 0.3 is 0 Å². The maximum absolute atomic E-state index is 2.47. The van der Waals surface area contributed by atoms with Crippen LogP contribution in [-0.2, 0) is 0 Å². The maximum atomic E-state index is 2.47. The SMILES string of the molecule is c1cc(-c2c3ccccc3c(-c3cccc4ccccc34)c3ccccc23)cc(-c2cc3c4ccccc4sc3c3sc4ccccc4c23)c1. The van der Waals surface area contributed by atoms with Gasteiger partial charge in [-0.05, 0) is 90.0 Å². The van der Waals surface area contributed by atoms with E-state index in [1.54, 1.807) is 0 Å². The van der Waals surface area contributed by atoms with Crippen LogP contribution in [0.25, 0.3) is 106 Å². The van der Waals surface area contributed by atoms with Crippen molar-refractivity contribution in [3.8, 4) is 33.4 Å². The zero-order chi connectivity index (χ0) is 32.8. The number of hydrogen-bond donors (Lipinski definition) is 0. The second kappa shape index (κ2) is 10.9. The highest BCUT2D eigenvalue weighted by molar-refractivity contribution is 7.33. The summed E-state index contributed by atoms with van der Waals surface area (Å²) in [5, 5.41) is 13.0. The Morgan fingerprint density at radius 3 is 1.56 bits per heavy atom. The quantitative estimate of drug-likeness (QED) is 0.164. The summed E-state index contributed by atoms with van der Waals surface area (Å²) in [6, 6.07) is 63.0. The average Bonchev–Trinajstić information content (AvgIpc) is 3.76. The first-order valence-electron chi connectivity index (χ1n) is 17.1. The monoisotopic (exact) mass is 668 g/mol. The molecular weight excluding hydrogens is 641 g/mol. The van der Waals surface area contributed by atoms with Crippen molar-refractivity contribution in [3.05, 3.63) is 170 Å². The Morgan fingerprint density at radius 1 is 0.300 bits per heavy atom. The van der Waals surface area contributed by atoms with E-state index in [0.717, 1.165) is 0 Å². The summed E-state index contributed by atoms with van der Waals surface area (Å²) in [5.41, 5.74) is 7.65. The van der Waals surface area contributed by atoms with Gasteiger partial charge in [-0.3, -0.25) is 0 Å². The van der Waals surface area contributed by atoms with Crippen LogP contribution < -0.4 is 0 Å². The minimum absolute atomic E-state index is 1.24. The van der Waals surface area contributed by atoms with E-state index in [1.165, 1.54) is 106 Å². The Balaban J connectivity index is 1.22. The number of rotatable bonds is 3. The molecule has 0 amide bonds. The smallest absolute Gasteiger partial charge is 0.0540 e. The lowest BCUT2D eigenvalue weighted by atomic mass is 9.84. The Bertz CT molecular complexity index is 3090. The first-order valence-corrected chi connectivity index (χ1v) is 18.7. The molecule has 2 heterocycles. The van der Waals surface area contributed by atoms with Gasteiger partial charge in [0.2, 0.25) is 0 Å². The van der Waals surface area contributed by atoms with Gasteiger partial charge in [0.25, 0.3) is 0 Å². The first-order chi connectivity index (χ1) is 24.8. The molecule has 0 radical (unpaired) electrons. The van der Waals surface area contributed by atoms with E-state index in [1.807, 2.05) is 22.7 Å². The minimum Gasteiger partial charge on any atom is -0.134 e. The molecule has 0 N–H and O–H groups in total. The van der Waals surface area contributed by atoms with Crippen molar-refractivity contribution in [3.63, 3.8) is 0 Å². The van der Waals surface area contributed by atoms with Crippen molar-refractivity contribution in [2.45, 2.75) is 0 Å². The largest absolute Gasteiger partial charge is 0.134 e. The Kier molecular flexibility index (Phi) is 6.09. The fourth-order valence-electron chi connectivity index (χ4n) is 8.31. The van der Waals surface area contributed by atoms with E-state index in [0.29, 0.717) is 0 Å². The van der Waals surface area contributed by atoms with Gasteiger partial charge in [0, 0.05) is 30.9 Å². The predicted octanol–water partition coefficient (Wildman–Crippen LogP) is 14.9. The standard InChI is InChI=1S/C48H28S2/c1-2-17-32-29(13-1)14-12-24-34(32)45-37-21-5-3-19-35(37)44(36-20-4-6-22-38(36)45)31-16-11-15-30(27-31)40-28-41-33-18-7-9-25-42(33)49-47(41)48-46(40)39-23-8-10-26-43(39)50-48/h1-28H. The molecule has 0 unspecified atom stereocenters. The van der Waals surface area contributed by atoms with Crippen LogP contribution >= 0.6 is 22.7 Å². The van der Waals surface area contributed by atoms with Crippen molar-refractivity contribution in [2.75, 3.05) is 0 Å². The molecule has 0 saturated carbocycles. The van der Waals surface area contributed by atoms with E-state index in [2.05, 4.69) is 170 Å². The normalized spacial score (nSPS) is 12.0. The van der Waals surface area contributed by atoms with Gasteiger partial charge in [-0.25, -0.2) is 0 Å². The molecule has 0 bridgehead atoms. The molecule has 50 heavy (non-hydrogen) atoms. The second-order valence-electron chi connectivity index (χ2n) is 13.2. The van der Waals surface area contributed by atoms with E-state index in [-0.39, 0.29) is 0 Å². The third kappa shape index (κ3) is 4.04. The molecule has 0 aliphatic carbocycles. The lowest BCUT2D eigenvalue weighted by Crippen LogP contribution is -1.92. The van der Waals surface area contributed by atoms with Crippen LogP contribution in [0.3, 0.4) is 0 Å². The summed E-state index contributed by atoms with van der Waals surface area (Å²) < 4.78 is 5.46. The van der Waals surface area contributed by atoms with E-state index in [9.17, 15) is 0 Å². The fraction of sp³-hybridized carbons (Fsp3) is 0. The molecule has 2 aromatic heterocycles. The van der Waals surface area contributed by atoms with Crippen LogP contribution in [-0.4, -0.2) is 0 Å². The summed E-state index contributed by atoms with van der Waals surface area (Å²) in [6.07, 6.45) is 0. The van der Waals surface area contributed by atoms with Crippen LogP contribution in [0.4, 0.5) is 0 Å². The molecule has 11 aromatic rings. The minimum atomic E-state index is 1.24. The third-order valence-corrected chi connectivity index (χ3v) is 13.0. The van der Waals surface area contributed by atoms with Crippen LogP contribution in [0.2, 0.25) is 0 Å². The van der Waals surface area contributed by atoms with Crippen molar-refractivity contribution < 1.29 is 0 Å². The highest BCUT2D eigenvalue weighted by atomic mass is 32.1. The van der Waals surface area contributed by atoms with Gasteiger partial charge in [-0.2, -0.15) is 0 Å². The third-order valence-electron chi connectivity index (χ3n) is 10.4. The molecule has 9 aromatic carbocycles. The topological polar surface area (TPSA) is 0 Å². The maximum Gasteiger partial charge on any atom is 0.0540 e. The number of benzene rings is 9. The summed E-state index contributed by atoms with van der Waals surface area (Å²) in [4.78, 5) is 0. The van der Waals surface area contributed by atoms with Crippen LogP contribution in [0.1, 0.15) is 0 Å². The lowest BCUT2D eigenvalue weighted by Gasteiger charge is -2.19. The average molecular weight is 669 g/mol. The van der Waals surface area contributed by atoms with Gasteiger partial charge in [-0.15, -0.1) is 22.7 Å². The number of thiophene rings is 2. The van der Waals surface area contributed by atoms with Gasteiger partial charge in [-0.1, -0.05) is 146 Å². The predicted molar refractivity (Wildman–Crippen MR) is 221 cm³/mol. The van der Waals surface area contributed by atoms with E-state index in [4.69, 9.17) is 0 Å². The van der Waals surface area contributed by atoms with Crippen molar-refractivity contribution in [1.82, 2.24) is 0 Å².